The highest BCUT2D eigenvalue weighted by atomic mass is 35.5. The zero-order valence-electron chi connectivity index (χ0n) is 14.2. The SMILES string of the molecule is Cc1sc(C(=O)NC2CCOCC2)cc1[C@H]1C[C@@H]1NCC1CC1.Cl. The van der Waals surface area contributed by atoms with E-state index in [-0.39, 0.29) is 24.4 Å². The van der Waals surface area contributed by atoms with Gasteiger partial charge in [-0.15, -0.1) is 23.7 Å². The summed E-state index contributed by atoms with van der Waals surface area (Å²) >= 11 is 1.65. The Morgan fingerprint density at radius 3 is 2.75 bits per heavy atom. The van der Waals surface area contributed by atoms with Gasteiger partial charge in [-0.1, -0.05) is 0 Å². The number of hydrogen-bond acceptors (Lipinski definition) is 4. The molecule has 2 heterocycles. The minimum atomic E-state index is 0. The zero-order valence-corrected chi connectivity index (χ0v) is 15.8. The van der Waals surface area contributed by atoms with Gasteiger partial charge in [-0.3, -0.25) is 4.79 Å². The lowest BCUT2D eigenvalue weighted by atomic mass is 10.1. The molecule has 4 rings (SSSR count). The summed E-state index contributed by atoms with van der Waals surface area (Å²) in [6.45, 7) is 4.86. The van der Waals surface area contributed by atoms with Gasteiger partial charge in [0.2, 0.25) is 0 Å². The molecular formula is C18H27ClN2O2S. The molecule has 1 saturated heterocycles. The molecule has 2 saturated carbocycles. The van der Waals surface area contributed by atoms with E-state index in [4.69, 9.17) is 4.74 Å². The van der Waals surface area contributed by atoms with Crippen LogP contribution in [0.15, 0.2) is 6.07 Å². The summed E-state index contributed by atoms with van der Waals surface area (Å²) in [5.41, 5.74) is 1.39. The van der Waals surface area contributed by atoms with Gasteiger partial charge in [0.25, 0.3) is 5.91 Å². The van der Waals surface area contributed by atoms with Crippen molar-refractivity contribution in [3.63, 3.8) is 0 Å². The maximum absolute atomic E-state index is 12.5. The molecule has 24 heavy (non-hydrogen) atoms. The molecule has 6 heteroatoms. The van der Waals surface area contributed by atoms with E-state index in [1.54, 1.807) is 11.3 Å². The summed E-state index contributed by atoms with van der Waals surface area (Å²) in [6, 6.07) is 3.05. The molecule has 1 aromatic rings. The summed E-state index contributed by atoms with van der Waals surface area (Å²) in [5, 5.41) is 6.86. The molecule has 0 bridgehead atoms. The summed E-state index contributed by atoms with van der Waals surface area (Å²) in [7, 11) is 0. The van der Waals surface area contributed by atoms with Crippen LogP contribution in [0.1, 0.15) is 58.1 Å². The number of nitrogens with one attached hydrogen (secondary N) is 2. The summed E-state index contributed by atoms with van der Waals surface area (Å²) in [4.78, 5) is 14.6. The lowest BCUT2D eigenvalue weighted by molar-refractivity contribution is 0.0698. The van der Waals surface area contributed by atoms with Gasteiger partial charge in [-0.05, 0) is 63.1 Å². The van der Waals surface area contributed by atoms with Gasteiger partial charge < -0.3 is 15.4 Å². The van der Waals surface area contributed by atoms with Crippen molar-refractivity contribution in [1.82, 2.24) is 10.6 Å². The van der Waals surface area contributed by atoms with Crippen LogP contribution in [-0.2, 0) is 4.74 Å². The Bertz CT molecular complexity index is 582. The van der Waals surface area contributed by atoms with Crippen LogP contribution in [0.4, 0.5) is 0 Å². The quantitative estimate of drug-likeness (QED) is 0.808. The normalized spacial score (nSPS) is 26.7. The van der Waals surface area contributed by atoms with Gasteiger partial charge in [0.15, 0.2) is 0 Å². The average molecular weight is 371 g/mol. The van der Waals surface area contributed by atoms with Crippen LogP contribution >= 0.6 is 23.7 Å². The van der Waals surface area contributed by atoms with Gasteiger partial charge in [-0.25, -0.2) is 0 Å². The lowest BCUT2D eigenvalue weighted by Crippen LogP contribution is -2.38. The first-order valence-corrected chi connectivity index (χ1v) is 9.74. The van der Waals surface area contributed by atoms with E-state index in [0.29, 0.717) is 12.0 Å². The highest BCUT2D eigenvalue weighted by Crippen LogP contribution is 2.45. The third-order valence-corrected chi connectivity index (χ3v) is 6.36. The van der Waals surface area contributed by atoms with Crippen LogP contribution in [0.5, 0.6) is 0 Å². The van der Waals surface area contributed by atoms with Crippen molar-refractivity contribution in [2.75, 3.05) is 19.8 Å². The highest BCUT2D eigenvalue weighted by molar-refractivity contribution is 7.14. The van der Waals surface area contributed by atoms with Gasteiger partial charge in [0.1, 0.15) is 0 Å². The predicted octanol–water partition coefficient (Wildman–Crippen LogP) is 3.24. The molecule has 1 aliphatic heterocycles. The minimum absolute atomic E-state index is 0. The van der Waals surface area contributed by atoms with E-state index >= 15 is 0 Å². The van der Waals surface area contributed by atoms with E-state index in [1.165, 1.54) is 36.2 Å². The van der Waals surface area contributed by atoms with Crippen molar-refractivity contribution in [1.29, 1.82) is 0 Å². The van der Waals surface area contributed by atoms with Gasteiger partial charge in [0, 0.05) is 36.1 Å². The van der Waals surface area contributed by atoms with Crippen LogP contribution in [0.2, 0.25) is 0 Å². The van der Waals surface area contributed by atoms with E-state index in [0.717, 1.165) is 36.9 Å². The van der Waals surface area contributed by atoms with Crippen molar-refractivity contribution in [2.45, 2.75) is 57.0 Å². The Kier molecular flexibility index (Phi) is 5.85. The fourth-order valence-corrected chi connectivity index (χ4v) is 4.47. The zero-order chi connectivity index (χ0) is 15.8. The number of thiophene rings is 1. The second kappa shape index (κ2) is 7.73. The van der Waals surface area contributed by atoms with Crippen LogP contribution < -0.4 is 10.6 Å². The number of aryl methyl sites for hydroxylation is 1. The van der Waals surface area contributed by atoms with E-state index in [9.17, 15) is 4.79 Å². The Morgan fingerprint density at radius 2 is 2.04 bits per heavy atom. The molecule has 2 N–H and O–H groups in total. The Hall–Kier alpha value is -0.620. The molecule has 3 fully saturated rings. The van der Waals surface area contributed by atoms with E-state index in [1.807, 2.05) is 0 Å². The summed E-state index contributed by atoms with van der Waals surface area (Å²) in [6.07, 6.45) is 5.89. The Morgan fingerprint density at radius 1 is 1.29 bits per heavy atom. The maximum Gasteiger partial charge on any atom is 0.261 e. The number of carbonyl (C=O) groups excluding carboxylic acids is 1. The number of amides is 1. The first kappa shape index (κ1) is 18.2. The molecule has 2 aliphatic carbocycles. The second-order valence-electron chi connectivity index (χ2n) is 7.28. The van der Waals surface area contributed by atoms with Crippen molar-refractivity contribution >= 4 is 29.7 Å². The minimum Gasteiger partial charge on any atom is -0.381 e. The Balaban J connectivity index is 0.00000169. The fraction of sp³-hybridized carbons (Fsp3) is 0.722. The largest absolute Gasteiger partial charge is 0.381 e. The molecule has 0 unspecified atom stereocenters. The molecule has 2 atom stereocenters. The van der Waals surface area contributed by atoms with Crippen LogP contribution in [0.25, 0.3) is 0 Å². The third kappa shape index (κ3) is 4.31. The van der Waals surface area contributed by atoms with Crippen molar-refractivity contribution < 1.29 is 9.53 Å². The molecule has 0 radical (unpaired) electrons. The molecule has 3 aliphatic rings. The monoisotopic (exact) mass is 370 g/mol. The molecule has 1 aromatic heterocycles. The summed E-state index contributed by atoms with van der Waals surface area (Å²) < 4.78 is 5.35. The molecule has 0 spiro atoms. The van der Waals surface area contributed by atoms with Crippen molar-refractivity contribution in [2.24, 2.45) is 5.92 Å². The van der Waals surface area contributed by atoms with Crippen LogP contribution in [-0.4, -0.2) is 37.7 Å². The number of carbonyl (C=O) groups is 1. The number of halogens is 1. The third-order valence-electron chi connectivity index (χ3n) is 5.29. The van der Waals surface area contributed by atoms with Crippen LogP contribution in [0, 0.1) is 12.8 Å². The molecule has 134 valence electrons. The molecule has 1 amide bonds. The summed E-state index contributed by atoms with van der Waals surface area (Å²) in [5.74, 6) is 1.65. The fourth-order valence-electron chi connectivity index (χ4n) is 3.48. The smallest absolute Gasteiger partial charge is 0.261 e. The number of ether oxygens (including phenoxy) is 1. The number of hydrogen-bond donors (Lipinski definition) is 2. The van der Waals surface area contributed by atoms with E-state index in [2.05, 4.69) is 23.6 Å². The Labute approximate surface area is 154 Å². The maximum atomic E-state index is 12.5. The highest BCUT2D eigenvalue weighted by Gasteiger charge is 2.40. The average Bonchev–Trinajstić information content (AvgIpc) is 3.46. The topological polar surface area (TPSA) is 50.4 Å². The van der Waals surface area contributed by atoms with Gasteiger partial charge >= 0.3 is 0 Å². The van der Waals surface area contributed by atoms with Crippen molar-refractivity contribution in [3.05, 3.63) is 21.4 Å². The molecular weight excluding hydrogens is 344 g/mol. The standard InChI is InChI=1S/C18H26N2O2S.ClH/c1-11-14(15-8-16(15)19-10-12-2-3-12)9-17(23-11)18(21)20-13-4-6-22-7-5-13;/h9,12-13,15-16,19H,2-8,10H2,1H3,(H,20,21);1H/t15-,16+;/m1./s1. The number of rotatable bonds is 6. The van der Waals surface area contributed by atoms with Gasteiger partial charge in [-0.2, -0.15) is 0 Å². The first-order chi connectivity index (χ1) is 11.2. The predicted molar refractivity (Wildman–Crippen MR) is 99.5 cm³/mol. The first-order valence-electron chi connectivity index (χ1n) is 8.93. The second-order valence-corrected chi connectivity index (χ2v) is 8.54. The molecule has 0 aromatic carbocycles. The van der Waals surface area contributed by atoms with Crippen molar-refractivity contribution in [3.8, 4) is 0 Å². The van der Waals surface area contributed by atoms with E-state index < -0.39 is 0 Å². The van der Waals surface area contributed by atoms with Gasteiger partial charge in [0.05, 0.1) is 4.88 Å². The molecule has 4 nitrogen and oxygen atoms in total. The lowest BCUT2D eigenvalue weighted by Gasteiger charge is -2.22. The van der Waals surface area contributed by atoms with Crippen LogP contribution in [0.3, 0.4) is 0 Å².